The highest BCUT2D eigenvalue weighted by molar-refractivity contribution is 5.73. The number of carbonyl (C=O) groups is 1. The Labute approximate surface area is 114 Å². The Balaban J connectivity index is 2.47. The fourth-order valence-electron chi connectivity index (χ4n) is 1.78. The van der Waals surface area contributed by atoms with Crippen molar-refractivity contribution in [3.63, 3.8) is 0 Å². The number of hydrogen-bond acceptors (Lipinski definition) is 3. The normalized spacial score (nSPS) is 12.5. The molecule has 0 amide bonds. The zero-order valence-electron chi connectivity index (χ0n) is 12.1. The first-order chi connectivity index (χ1) is 8.90. The van der Waals surface area contributed by atoms with Crippen LogP contribution in [0.1, 0.15) is 31.4 Å². The molecule has 1 unspecified atom stereocenters. The molecular weight excluding hydrogens is 242 g/mol. The first-order valence-corrected chi connectivity index (χ1v) is 6.59. The number of ether oxygens (including phenoxy) is 1. The number of aryl methyl sites for hydroxylation is 2. The summed E-state index contributed by atoms with van der Waals surface area (Å²) in [5, 5.41) is 12.1. The van der Waals surface area contributed by atoms with Gasteiger partial charge in [0.25, 0.3) is 0 Å². The van der Waals surface area contributed by atoms with E-state index in [1.54, 1.807) is 0 Å². The van der Waals surface area contributed by atoms with E-state index >= 15 is 0 Å². The molecule has 2 N–H and O–H groups in total. The molecule has 0 fully saturated rings. The van der Waals surface area contributed by atoms with Gasteiger partial charge in [-0.25, -0.2) is 0 Å². The van der Waals surface area contributed by atoms with E-state index in [0.29, 0.717) is 13.0 Å². The van der Waals surface area contributed by atoms with Crippen LogP contribution in [0.5, 0.6) is 5.75 Å². The minimum atomic E-state index is -0.836. The molecule has 1 aromatic carbocycles. The van der Waals surface area contributed by atoms with E-state index in [0.717, 1.165) is 5.75 Å². The van der Waals surface area contributed by atoms with Gasteiger partial charge in [0.05, 0.1) is 6.61 Å². The quantitative estimate of drug-likeness (QED) is 0.795. The number of benzene rings is 1. The standard InChI is InChI=1S/C15H23NO3/c1-10(2)16-14(15(17)18)7-8-19-13-6-5-11(3)12(4)9-13/h5-6,9-10,14,16H,7-8H2,1-4H3,(H,17,18). The van der Waals surface area contributed by atoms with Gasteiger partial charge in [0.1, 0.15) is 11.8 Å². The lowest BCUT2D eigenvalue weighted by molar-refractivity contribution is -0.140. The molecule has 0 aliphatic rings. The van der Waals surface area contributed by atoms with Gasteiger partial charge in [0, 0.05) is 12.5 Å². The van der Waals surface area contributed by atoms with E-state index < -0.39 is 12.0 Å². The number of carboxylic acids is 1. The van der Waals surface area contributed by atoms with Crippen molar-refractivity contribution in [2.24, 2.45) is 0 Å². The van der Waals surface area contributed by atoms with Crippen LogP contribution in [-0.2, 0) is 4.79 Å². The lowest BCUT2D eigenvalue weighted by Gasteiger charge is -2.17. The fraction of sp³-hybridized carbons (Fsp3) is 0.533. The summed E-state index contributed by atoms with van der Waals surface area (Å²) < 4.78 is 5.60. The number of nitrogens with one attached hydrogen (secondary N) is 1. The Bertz CT molecular complexity index is 429. The van der Waals surface area contributed by atoms with Crippen molar-refractivity contribution in [3.05, 3.63) is 29.3 Å². The van der Waals surface area contributed by atoms with E-state index in [1.165, 1.54) is 11.1 Å². The molecule has 4 heteroatoms. The van der Waals surface area contributed by atoms with Crippen LogP contribution in [0.3, 0.4) is 0 Å². The van der Waals surface area contributed by atoms with Crippen molar-refractivity contribution in [1.82, 2.24) is 5.32 Å². The molecule has 0 bridgehead atoms. The van der Waals surface area contributed by atoms with Gasteiger partial charge in [0.2, 0.25) is 0 Å². The summed E-state index contributed by atoms with van der Waals surface area (Å²) in [6.45, 7) is 8.33. The van der Waals surface area contributed by atoms with Crippen molar-refractivity contribution in [3.8, 4) is 5.75 Å². The molecule has 0 aliphatic heterocycles. The van der Waals surface area contributed by atoms with Crippen molar-refractivity contribution in [1.29, 1.82) is 0 Å². The maximum atomic E-state index is 11.1. The molecule has 0 aromatic heterocycles. The second-order valence-corrected chi connectivity index (χ2v) is 5.10. The van der Waals surface area contributed by atoms with Gasteiger partial charge in [-0.05, 0) is 37.1 Å². The van der Waals surface area contributed by atoms with Crippen molar-refractivity contribution in [2.45, 2.75) is 46.2 Å². The summed E-state index contributed by atoms with van der Waals surface area (Å²) >= 11 is 0. The summed E-state index contributed by atoms with van der Waals surface area (Å²) in [5.41, 5.74) is 2.39. The third kappa shape index (κ3) is 5.30. The van der Waals surface area contributed by atoms with Crippen LogP contribution in [-0.4, -0.2) is 29.8 Å². The Morgan fingerprint density at radius 1 is 1.32 bits per heavy atom. The molecule has 0 aliphatic carbocycles. The maximum Gasteiger partial charge on any atom is 0.320 e. The molecule has 0 spiro atoms. The molecule has 1 atom stereocenters. The largest absolute Gasteiger partial charge is 0.494 e. The number of hydrogen-bond donors (Lipinski definition) is 2. The Hall–Kier alpha value is -1.55. The molecule has 106 valence electrons. The van der Waals surface area contributed by atoms with E-state index in [2.05, 4.69) is 5.32 Å². The predicted molar refractivity (Wildman–Crippen MR) is 75.7 cm³/mol. The topological polar surface area (TPSA) is 58.6 Å². The van der Waals surface area contributed by atoms with Crippen LogP contribution in [0.15, 0.2) is 18.2 Å². The van der Waals surface area contributed by atoms with E-state index in [-0.39, 0.29) is 6.04 Å². The predicted octanol–water partition coefficient (Wildman–Crippen LogP) is 2.52. The number of rotatable bonds is 7. The fourth-order valence-corrected chi connectivity index (χ4v) is 1.78. The molecule has 1 aromatic rings. The zero-order chi connectivity index (χ0) is 14.4. The molecule has 0 saturated carbocycles. The molecular formula is C15H23NO3. The zero-order valence-corrected chi connectivity index (χ0v) is 12.1. The van der Waals surface area contributed by atoms with Gasteiger partial charge < -0.3 is 15.2 Å². The SMILES string of the molecule is Cc1ccc(OCCC(NC(C)C)C(=O)O)cc1C. The summed E-state index contributed by atoms with van der Waals surface area (Å²) in [6, 6.07) is 5.47. The van der Waals surface area contributed by atoms with Crippen LogP contribution in [0.2, 0.25) is 0 Å². The molecule has 0 radical (unpaired) electrons. The lowest BCUT2D eigenvalue weighted by atomic mass is 10.1. The number of aliphatic carboxylic acids is 1. The number of carboxylic acid groups (broad SMARTS) is 1. The summed E-state index contributed by atoms with van der Waals surface area (Å²) in [7, 11) is 0. The summed E-state index contributed by atoms with van der Waals surface area (Å²) in [5.74, 6) is -0.0471. The van der Waals surface area contributed by atoms with Crippen LogP contribution >= 0.6 is 0 Å². The maximum absolute atomic E-state index is 11.1. The molecule has 0 saturated heterocycles. The third-order valence-corrected chi connectivity index (χ3v) is 2.99. The third-order valence-electron chi connectivity index (χ3n) is 2.99. The van der Waals surface area contributed by atoms with E-state index in [1.807, 2.05) is 45.9 Å². The second-order valence-electron chi connectivity index (χ2n) is 5.10. The highest BCUT2D eigenvalue weighted by Crippen LogP contribution is 2.16. The van der Waals surface area contributed by atoms with E-state index in [4.69, 9.17) is 9.84 Å². The minimum Gasteiger partial charge on any atom is -0.494 e. The van der Waals surface area contributed by atoms with Crippen LogP contribution < -0.4 is 10.1 Å². The molecule has 4 nitrogen and oxygen atoms in total. The van der Waals surface area contributed by atoms with Gasteiger partial charge in [-0.2, -0.15) is 0 Å². The first-order valence-electron chi connectivity index (χ1n) is 6.59. The van der Waals surface area contributed by atoms with Gasteiger partial charge in [-0.3, -0.25) is 4.79 Å². The van der Waals surface area contributed by atoms with Gasteiger partial charge in [-0.1, -0.05) is 19.9 Å². The Morgan fingerprint density at radius 3 is 2.53 bits per heavy atom. The molecule has 0 heterocycles. The monoisotopic (exact) mass is 265 g/mol. The van der Waals surface area contributed by atoms with Gasteiger partial charge >= 0.3 is 5.97 Å². The van der Waals surface area contributed by atoms with Crippen molar-refractivity contribution >= 4 is 5.97 Å². The van der Waals surface area contributed by atoms with Gasteiger partial charge in [-0.15, -0.1) is 0 Å². The lowest BCUT2D eigenvalue weighted by Crippen LogP contribution is -2.41. The van der Waals surface area contributed by atoms with Crippen molar-refractivity contribution in [2.75, 3.05) is 6.61 Å². The van der Waals surface area contributed by atoms with Crippen LogP contribution in [0.25, 0.3) is 0 Å². The Kier molecular flexibility index (Phi) is 5.83. The highest BCUT2D eigenvalue weighted by atomic mass is 16.5. The van der Waals surface area contributed by atoms with Crippen molar-refractivity contribution < 1.29 is 14.6 Å². The molecule has 19 heavy (non-hydrogen) atoms. The average molecular weight is 265 g/mol. The smallest absolute Gasteiger partial charge is 0.320 e. The minimum absolute atomic E-state index is 0.141. The Morgan fingerprint density at radius 2 is 2.00 bits per heavy atom. The first kappa shape index (κ1) is 15.5. The summed E-state index contributed by atoms with van der Waals surface area (Å²) in [4.78, 5) is 11.1. The summed E-state index contributed by atoms with van der Waals surface area (Å²) in [6.07, 6.45) is 0.445. The van der Waals surface area contributed by atoms with Crippen LogP contribution in [0, 0.1) is 13.8 Å². The average Bonchev–Trinajstić information content (AvgIpc) is 2.31. The second kappa shape index (κ2) is 7.14. The highest BCUT2D eigenvalue weighted by Gasteiger charge is 2.17. The van der Waals surface area contributed by atoms with Crippen LogP contribution in [0.4, 0.5) is 0 Å². The molecule has 1 rings (SSSR count). The van der Waals surface area contributed by atoms with E-state index in [9.17, 15) is 4.79 Å². The van der Waals surface area contributed by atoms with Gasteiger partial charge in [0.15, 0.2) is 0 Å².